The number of piperazine rings is 1. The van der Waals surface area contributed by atoms with Crippen molar-refractivity contribution >= 4 is 23.6 Å². The number of esters is 1. The maximum atomic E-state index is 13.2. The number of carbonyl (C=O) groups excluding carboxylic acids is 2. The Morgan fingerprint density at radius 2 is 1.67 bits per heavy atom. The Balaban J connectivity index is 1.58. The summed E-state index contributed by atoms with van der Waals surface area (Å²) in [4.78, 5) is 29.3. The van der Waals surface area contributed by atoms with E-state index in [2.05, 4.69) is 23.1 Å². The first-order valence-corrected chi connectivity index (χ1v) is 11.9. The van der Waals surface area contributed by atoms with Crippen molar-refractivity contribution in [2.45, 2.75) is 20.8 Å². The predicted molar refractivity (Wildman–Crippen MR) is 140 cm³/mol. The summed E-state index contributed by atoms with van der Waals surface area (Å²) in [7, 11) is 1.36. The molecule has 1 fully saturated rings. The number of methoxy groups -OCH3 is 1. The molecule has 7 heteroatoms. The number of aryl methyl sites for hydroxylation is 2. The number of hydrogen-bond acceptors (Lipinski definition) is 5. The van der Waals surface area contributed by atoms with Crippen molar-refractivity contribution in [1.82, 2.24) is 9.47 Å². The standard InChI is InChI=1S/C29H30N4O3/c1-20-10-11-23(29(35)36-4)18-27(20)33-21(2)16-24(22(33)3)17-25(19-30)28(34)32-14-12-31(13-15-32)26-8-6-5-7-9-26/h5-11,16-18H,12-15H2,1-4H3. The number of nitriles is 1. The van der Waals surface area contributed by atoms with Gasteiger partial charge in [0.1, 0.15) is 11.6 Å². The first kappa shape index (κ1) is 24.8. The smallest absolute Gasteiger partial charge is 0.337 e. The van der Waals surface area contributed by atoms with Crippen LogP contribution in [0.4, 0.5) is 5.69 Å². The van der Waals surface area contributed by atoms with E-state index in [1.165, 1.54) is 7.11 Å². The van der Waals surface area contributed by atoms with Gasteiger partial charge in [-0.1, -0.05) is 24.3 Å². The summed E-state index contributed by atoms with van der Waals surface area (Å²) in [5.74, 6) is -0.651. The molecule has 1 amide bonds. The highest BCUT2D eigenvalue weighted by atomic mass is 16.5. The van der Waals surface area contributed by atoms with Gasteiger partial charge in [0.05, 0.1) is 12.7 Å². The molecule has 1 saturated heterocycles. The zero-order valence-corrected chi connectivity index (χ0v) is 21.1. The molecule has 184 valence electrons. The molecular formula is C29H30N4O3. The Morgan fingerprint density at radius 1 is 0.972 bits per heavy atom. The van der Waals surface area contributed by atoms with Gasteiger partial charge in [-0.15, -0.1) is 0 Å². The zero-order chi connectivity index (χ0) is 25.8. The minimum atomic E-state index is -0.399. The molecule has 0 spiro atoms. The Morgan fingerprint density at radius 3 is 2.31 bits per heavy atom. The van der Waals surface area contributed by atoms with Gasteiger partial charge < -0.3 is 19.1 Å². The van der Waals surface area contributed by atoms with Crippen LogP contribution in [0.15, 0.2) is 60.2 Å². The number of para-hydroxylation sites is 1. The van der Waals surface area contributed by atoms with E-state index in [-0.39, 0.29) is 11.5 Å². The predicted octanol–water partition coefficient (Wildman–Crippen LogP) is 4.44. The molecule has 1 aliphatic heterocycles. The number of aromatic nitrogens is 1. The van der Waals surface area contributed by atoms with Gasteiger partial charge >= 0.3 is 5.97 Å². The molecule has 1 aromatic heterocycles. The van der Waals surface area contributed by atoms with Gasteiger partial charge in [0, 0.05) is 48.9 Å². The summed E-state index contributed by atoms with van der Waals surface area (Å²) in [5.41, 5.74) is 6.18. The number of ether oxygens (including phenoxy) is 1. The van der Waals surface area contributed by atoms with E-state index in [0.717, 1.165) is 47.0 Å². The molecule has 0 bridgehead atoms. The summed E-state index contributed by atoms with van der Waals surface area (Å²) in [5, 5.41) is 9.84. The van der Waals surface area contributed by atoms with E-state index in [0.29, 0.717) is 18.7 Å². The van der Waals surface area contributed by atoms with Crippen LogP contribution in [0.5, 0.6) is 0 Å². The summed E-state index contributed by atoms with van der Waals surface area (Å²) in [6.45, 7) is 8.45. The lowest BCUT2D eigenvalue weighted by atomic mass is 10.1. The molecule has 36 heavy (non-hydrogen) atoms. The van der Waals surface area contributed by atoms with E-state index >= 15 is 0 Å². The van der Waals surface area contributed by atoms with E-state index < -0.39 is 5.97 Å². The molecule has 0 unspecified atom stereocenters. The molecule has 4 rings (SSSR count). The molecule has 1 aliphatic rings. The third kappa shape index (κ3) is 4.89. The van der Waals surface area contributed by atoms with Gasteiger partial charge in [-0.05, 0) is 68.3 Å². The second-order valence-electron chi connectivity index (χ2n) is 8.94. The fraction of sp³-hybridized carbons (Fsp3) is 0.276. The molecular weight excluding hydrogens is 452 g/mol. The topological polar surface area (TPSA) is 78.6 Å². The second-order valence-corrected chi connectivity index (χ2v) is 8.94. The van der Waals surface area contributed by atoms with Crippen LogP contribution in [0.25, 0.3) is 11.8 Å². The van der Waals surface area contributed by atoms with Gasteiger partial charge in [0.2, 0.25) is 0 Å². The van der Waals surface area contributed by atoms with Crippen LogP contribution in [0.2, 0.25) is 0 Å². The van der Waals surface area contributed by atoms with Crippen molar-refractivity contribution in [3.63, 3.8) is 0 Å². The minimum Gasteiger partial charge on any atom is -0.465 e. The summed E-state index contributed by atoms with van der Waals surface area (Å²) in [6.07, 6.45) is 1.67. The number of anilines is 1. The maximum absolute atomic E-state index is 13.2. The number of nitrogens with zero attached hydrogens (tertiary/aromatic N) is 4. The third-order valence-electron chi connectivity index (χ3n) is 6.68. The molecule has 0 saturated carbocycles. The average Bonchev–Trinajstić information content (AvgIpc) is 3.19. The van der Waals surface area contributed by atoms with Gasteiger partial charge in [-0.2, -0.15) is 5.26 Å². The van der Waals surface area contributed by atoms with Gasteiger partial charge in [0.15, 0.2) is 0 Å². The molecule has 7 nitrogen and oxygen atoms in total. The van der Waals surface area contributed by atoms with Crippen LogP contribution in [-0.4, -0.2) is 54.6 Å². The molecule has 2 aromatic carbocycles. The minimum absolute atomic E-state index is 0.114. The number of amides is 1. The van der Waals surface area contributed by atoms with Crippen LogP contribution in [0.3, 0.4) is 0 Å². The molecule has 2 heterocycles. The van der Waals surface area contributed by atoms with Gasteiger partial charge in [-0.25, -0.2) is 4.79 Å². The fourth-order valence-electron chi connectivity index (χ4n) is 4.67. The van der Waals surface area contributed by atoms with Gasteiger partial charge in [-0.3, -0.25) is 4.79 Å². The van der Waals surface area contributed by atoms with Crippen LogP contribution in [0.1, 0.15) is 32.9 Å². The lowest BCUT2D eigenvalue weighted by Gasteiger charge is -2.36. The second kappa shape index (κ2) is 10.5. The number of rotatable bonds is 5. The quantitative estimate of drug-likeness (QED) is 0.305. The first-order chi connectivity index (χ1) is 17.3. The zero-order valence-electron chi connectivity index (χ0n) is 21.1. The lowest BCUT2D eigenvalue weighted by Crippen LogP contribution is -2.49. The summed E-state index contributed by atoms with van der Waals surface area (Å²) >= 11 is 0. The number of hydrogen-bond donors (Lipinski definition) is 0. The van der Waals surface area contributed by atoms with Crippen molar-refractivity contribution in [1.29, 1.82) is 5.26 Å². The average molecular weight is 483 g/mol. The highest BCUT2D eigenvalue weighted by Crippen LogP contribution is 2.26. The van der Waals surface area contributed by atoms with Crippen molar-refractivity contribution in [3.8, 4) is 11.8 Å². The van der Waals surface area contributed by atoms with Crippen molar-refractivity contribution < 1.29 is 14.3 Å². The third-order valence-corrected chi connectivity index (χ3v) is 6.68. The van der Waals surface area contributed by atoms with E-state index in [1.807, 2.05) is 55.7 Å². The van der Waals surface area contributed by atoms with E-state index in [9.17, 15) is 14.9 Å². The normalized spacial score (nSPS) is 13.9. The number of benzene rings is 2. The van der Waals surface area contributed by atoms with E-state index in [1.54, 1.807) is 23.1 Å². The van der Waals surface area contributed by atoms with Crippen molar-refractivity contribution in [2.24, 2.45) is 0 Å². The largest absolute Gasteiger partial charge is 0.465 e. The first-order valence-electron chi connectivity index (χ1n) is 11.9. The Hall–Kier alpha value is -4.31. The number of carbonyl (C=O) groups is 2. The van der Waals surface area contributed by atoms with Crippen LogP contribution in [0, 0.1) is 32.1 Å². The highest BCUT2D eigenvalue weighted by molar-refractivity contribution is 6.02. The molecule has 0 radical (unpaired) electrons. The Labute approximate surface area is 211 Å². The van der Waals surface area contributed by atoms with Crippen molar-refractivity contribution in [2.75, 3.05) is 38.2 Å². The summed E-state index contributed by atoms with van der Waals surface area (Å²) in [6, 6.07) is 19.6. The SMILES string of the molecule is COC(=O)c1ccc(C)c(-n2c(C)cc(C=C(C#N)C(=O)N3CCN(c4ccccc4)CC3)c2C)c1. The highest BCUT2D eigenvalue weighted by Gasteiger charge is 2.24. The monoisotopic (exact) mass is 482 g/mol. The van der Waals surface area contributed by atoms with Gasteiger partial charge in [0.25, 0.3) is 5.91 Å². The van der Waals surface area contributed by atoms with Crippen LogP contribution in [-0.2, 0) is 9.53 Å². The Bertz CT molecular complexity index is 1360. The maximum Gasteiger partial charge on any atom is 0.337 e. The van der Waals surface area contributed by atoms with E-state index in [4.69, 9.17) is 4.74 Å². The van der Waals surface area contributed by atoms with Crippen molar-refractivity contribution in [3.05, 3.63) is 88.2 Å². The lowest BCUT2D eigenvalue weighted by molar-refractivity contribution is -0.126. The molecule has 3 aromatic rings. The molecule has 0 atom stereocenters. The van der Waals surface area contributed by atoms with Crippen LogP contribution < -0.4 is 4.90 Å². The van der Waals surface area contributed by atoms with Crippen LogP contribution >= 0.6 is 0 Å². The Kier molecular flexibility index (Phi) is 7.25. The molecule has 0 N–H and O–H groups in total. The fourth-order valence-corrected chi connectivity index (χ4v) is 4.67. The summed E-state index contributed by atoms with van der Waals surface area (Å²) < 4.78 is 6.91. The molecule has 0 aliphatic carbocycles.